The second-order valence-corrected chi connectivity index (χ2v) is 6.94. The highest BCUT2D eigenvalue weighted by atomic mass is 16.7. The molecule has 1 atom stereocenters. The Balaban J connectivity index is 1.39. The maximum absolute atomic E-state index is 10.8. The minimum Gasteiger partial charge on any atom is -0.504 e. The monoisotopic (exact) mass is 374 g/mol. The van der Waals surface area contributed by atoms with Crippen LogP contribution in [0.5, 0.6) is 23.0 Å². The van der Waals surface area contributed by atoms with Gasteiger partial charge in [0.05, 0.1) is 0 Å². The van der Waals surface area contributed by atoms with Crippen LogP contribution in [0.15, 0.2) is 72.8 Å². The SMILES string of the molecule is Oc1cc2ccccc2cc1OCC1(O)COc2cc3ccccc3cc2O1. The number of phenolic OH excluding ortho intramolecular Hbond substituents is 1. The first-order valence-electron chi connectivity index (χ1n) is 9.01. The van der Waals surface area contributed by atoms with E-state index >= 15 is 0 Å². The van der Waals surface area contributed by atoms with Crippen LogP contribution < -0.4 is 14.2 Å². The van der Waals surface area contributed by atoms with Gasteiger partial charge in [-0.05, 0) is 45.8 Å². The van der Waals surface area contributed by atoms with Gasteiger partial charge in [-0.3, -0.25) is 0 Å². The van der Waals surface area contributed by atoms with Gasteiger partial charge in [-0.25, -0.2) is 0 Å². The van der Waals surface area contributed by atoms with Crippen molar-refractivity contribution in [3.63, 3.8) is 0 Å². The Morgan fingerprint density at radius 3 is 2.07 bits per heavy atom. The largest absolute Gasteiger partial charge is 0.504 e. The van der Waals surface area contributed by atoms with Gasteiger partial charge in [-0.1, -0.05) is 48.5 Å². The lowest BCUT2D eigenvalue weighted by Gasteiger charge is -2.33. The van der Waals surface area contributed by atoms with Gasteiger partial charge in [0, 0.05) is 0 Å². The summed E-state index contributed by atoms with van der Waals surface area (Å²) in [5.74, 6) is -0.339. The molecule has 0 spiro atoms. The van der Waals surface area contributed by atoms with Crippen LogP contribution in [-0.4, -0.2) is 29.2 Å². The molecular formula is C23H18O5. The molecule has 1 aliphatic heterocycles. The molecule has 5 nitrogen and oxygen atoms in total. The Kier molecular flexibility index (Phi) is 3.77. The highest BCUT2D eigenvalue weighted by Crippen LogP contribution is 2.39. The lowest BCUT2D eigenvalue weighted by atomic mass is 10.1. The molecule has 0 aromatic heterocycles. The van der Waals surface area contributed by atoms with Crippen molar-refractivity contribution >= 4 is 21.5 Å². The second-order valence-electron chi connectivity index (χ2n) is 6.94. The van der Waals surface area contributed by atoms with Crippen LogP contribution in [-0.2, 0) is 0 Å². The van der Waals surface area contributed by atoms with E-state index in [9.17, 15) is 10.2 Å². The predicted molar refractivity (Wildman–Crippen MR) is 106 cm³/mol. The van der Waals surface area contributed by atoms with Crippen molar-refractivity contribution in [2.45, 2.75) is 5.79 Å². The number of rotatable bonds is 3. The molecule has 28 heavy (non-hydrogen) atoms. The molecule has 1 heterocycles. The molecule has 0 amide bonds. The van der Waals surface area contributed by atoms with Crippen molar-refractivity contribution in [2.24, 2.45) is 0 Å². The van der Waals surface area contributed by atoms with Crippen LogP contribution in [0.1, 0.15) is 0 Å². The summed E-state index contributed by atoms with van der Waals surface area (Å²) >= 11 is 0. The number of fused-ring (bicyclic) bond motifs is 3. The van der Waals surface area contributed by atoms with Crippen molar-refractivity contribution in [3.05, 3.63) is 72.8 Å². The molecule has 5 rings (SSSR count). The number of phenols is 1. The summed E-state index contributed by atoms with van der Waals surface area (Å²) in [5.41, 5.74) is 0. The minimum atomic E-state index is -1.66. The first kappa shape index (κ1) is 16.7. The Hall–Kier alpha value is -3.44. The van der Waals surface area contributed by atoms with E-state index in [1.165, 1.54) is 0 Å². The third-order valence-electron chi connectivity index (χ3n) is 4.85. The summed E-state index contributed by atoms with van der Waals surface area (Å²) in [4.78, 5) is 0. The summed E-state index contributed by atoms with van der Waals surface area (Å²) in [6.07, 6.45) is 0. The topological polar surface area (TPSA) is 68.2 Å². The number of ether oxygens (including phenoxy) is 3. The van der Waals surface area contributed by atoms with Gasteiger partial charge >= 0.3 is 0 Å². The minimum absolute atomic E-state index is 0.00502. The third-order valence-corrected chi connectivity index (χ3v) is 4.85. The van der Waals surface area contributed by atoms with E-state index < -0.39 is 5.79 Å². The quantitative estimate of drug-likeness (QED) is 0.561. The van der Waals surface area contributed by atoms with E-state index in [1.54, 1.807) is 12.1 Å². The second kappa shape index (κ2) is 6.32. The van der Waals surface area contributed by atoms with Crippen LogP contribution in [0.2, 0.25) is 0 Å². The van der Waals surface area contributed by atoms with Crippen LogP contribution in [0, 0.1) is 0 Å². The number of benzene rings is 4. The molecule has 2 N–H and O–H groups in total. The van der Waals surface area contributed by atoms with Crippen molar-refractivity contribution in [1.29, 1.82) is 0 Å². The third kappa shape index (κ3) is 2.96. The molecule has 0 bridgehead atoms. The fourth-order valence-corrected chi connectivity index (χ4v) is 3.40. The van der Waals surface area contributed by atoms with Crippen LogP contribution in [0.4, 0.5) is 0 Å². The first-order chi connectivity index (χ1) is 13.6. The van der Waals surface area contributed by atoms with E-state index in [2.05, 4.69) is 0 Å². The molecule has 1 unspecified atom stereocenters. The first-order valence-corrected chi connectivity index (χ1v) is 9.01. The lowest BCUT2D eigenvalue weighted by molar-refractivity contribution is -0.191. The fraction of sp³-hybridized carbons (Fsp3) is 0.130. The number of hydrogen-bond acceptors (Lipinski definition) is 5. The highest BCUT2D eigenvalue weighted by molar-refractivity contribution is 5.86. The average molecular weight is 374 g/mol. The summed E-state index contributed by atoms with van der Waals surface area (Å²) in [7, 11) is 0. The molecule has 0 saturated carbocycles. The van der Waals surface area contributed by atoms with Crippen molar-refractivity contribution in [2.75, 3.05) is 13.2 Å². The zero-order valence-corrected chi connectivity index (χ0v) is 15.0. The van der Waals surface area contributed by atoms with E-state index in [0.717, 1.165) is 21.5 Å². The average Bonchev–Trinajstić information content (AvgIpc) is 2.71. The molecule has 4 aromatic carbocycles. The Morgan fingerprint density at radius 1 is 0.821 bits per heavy atom. The maximum Gasteiger partial charge on any atom is 0.277 e. The predicted octanol–water partition coefficient (Wildman–Crippen LogP) is 4.24. The van der Waals surface area contributed by atoms with Crippen LogP contribution in [0.25, 0.3) is 21.5 Å². The molecular weight excluding hydrogens is 356 g/mol. The fourth-order valence-electron chi connectivity index (χ4n) is 3.40. The van der Waals surface area contributed by atoms with Gasteiger partial charge in [-0.15, -0.1) is 0 Å². The number of aliphatic hydroxyl groups is 1. The van der Waals surface area contributed by atoms with Crippen molar-refractivity contribution in [1.82, 2.24) is 0 Å². The van der Waals surface area contributed by atoms with Gasteiger partial charge < -0.3 is 24.4 Å². The molecule has 5 heteroatoms. The molecule has 0 fully saturated rings. The Bertz CT molecular complexity index is 1190. The van der Waals surface area contributed by atoms with E-state index in [-0.39, 0.29) is 24.7 Å². The molecule has 0 radical (unpaired) electrons. The normalized spacial score (nSPS) is 18.3. The number of hydrogen-bond donors (Lipinski definition) is 2. The van der Waals surface area contributed by atoms with E-state index in [1.807, 2.05) is 60.7 Å². The van der Waals surface area contributed by atoms with Gasteiger partial charge in [0.25, 0.3) is 5.79 Å². The van der Waals surface area contributed by atoms with Crippen molar-refractivity contribution < 1.29 is 24.4 Å². The lowest BCUT2D eigenvalue weighted by Crippen LogP contribution is -2.49. The summed E-state index contributed by atoms with van der Waals surface area (Å²) in [6, 6.07) is 22.6. The van der Waals surface area contributed by atoms with E-state index in [4.69, 9.17) is 14.2 Å². The highest BCUT2D eigenvalue weighted by Gasteiger charge is 2.37. The van der Waals surface area contributed by atoms with Gasteiger partial charge in [0.1, 0.15) is 0 Å². The zero-order valence-electron chi connectivity index (χ0n) is 15.0. The van der Waals surface area contributed by atoms with Crippen LogP contribution in [0.3, 0.4) is 0 Å². The molecule has 0 saturated heterocycles. The maximum atomic E-state index is 10.8. The Labute approximate surface area is 161 Å². The van der Waals surface area contributed by atoms with Gasteiger partial charge in [0.2, 0.25) is 0 Å². The summed E-state index contributed by atoms with van der Waals surface area (Å²) in [6.45, 7) is -0.266. The van der Waals surface area contributed by atoms with Crippen LogP contribution >= 0.6 is 0 Å². The summed E-state index contributed by atoms with van der Waals surface area (Å²) < 4.78 is 17.2. The number of aromatic hydroxyl groups is 1. The molecule has 0 aliphatic carbocycles. The molecule has 140 valence electrons. The smallest absolute Gasteiger partial charge is 0.277 e. The zero-order chi connectivity index (χ0) is 19.1. The van der Waals surface area contributed by atoms with Crippen molar-refractivity contribution in [3.8, 4) is 23.0 Å². The Morgan fingerprint density at radius 2 is 1.39 bits per heavy atom. The van der Waals surface area contributed by atoms with Gasteiger partial charge in [0.15, 0.2) is 36.2 Å². The van der Waals surface area contributed by atoms with E-state index in [0.29, 0.717) is 11.5 Å². The standard InChI is InChI=1S/C23H18O5/c24-19-9-15-5-1-2-6-16(15)10-20(19)26-13-23(25)14-27-21-11-17-7-3-4-8-18(17)12-22(21)28-23/h1-12,24-25H,13-14H2. The summed E-state index contributed by atoms with van der Waals surface area (Å²) in [5, 5.41) is 24.9. The van der Waals surface area contributed by atoms with Gasteiger partial charge in [-0.2, -0.15) is 0 Å². The molecule has 4 aromatic rings. The molecule has 1 aliphatic rings.